The molecule has 0 aliphatic rings. The lowest BCUT2D eigenvalue weighted by Gasteiger charge is -1.97. The van der Waals surface area contributed by atoms with Crippen molar-refractivity contribution in [3.63, 3.8) is 0 Å². The summed E-state index contributed by atoms with van der Waals surface area (Å²) in [6.45, 7) is 4.02. The molecule has 60 valence electrons. The molecule has 0 aliphatic heterocycles. The summed E-state index contributed by atoms with van der Waals surface area (Å²) in [5.74, 6) is -0.531. The van der Waals surface area contributed by atoms with Gasteiger partial charge in [0.05, 0.1) is 5.56 Å². The Morgan fingerprint density at radius 2 is 2.27 bits per heavy atom. The molecule has 0 saturated carbocycles. The Balaban J connectivity index is 2.90. The molecular formula is C8H11NO2. The molecule has 0 fully saturated rings. The highest BCUT2D eigenvalue weighted by Crippen LogP contribution is 2.13. The quantitative estimate of drug-likeness (QED) is 0.681. The lowest BCUT2D eigenvalue weighted by Crippen LogP contribution is -1.92. The SMILES string of the molecule is CC(C)c1cc(C(=O)O)c[nH]1. The van der Waals surface area contributed by atoms with E-state index in [1.165, 1.54) is 6.20 Å². The number of carboxylic acid groups (broad SMARTS) is 1. The molecule has 0 saturated heterocycles. The van der Waals surface area contributed by atoms with Gasteiger partial charge in [0.1, 0.15) is 0 Å². The summed E-state index contributed by atoms with van der Waals surface area (Å²) in [5, 5.41) is 8.56. The zero-order valence-corrected chi connectivity index (χ0v) is 6.59. The summed E-state index contributed by atoms with van der Waals surface area (Å²) in [6, 6.07) is 1.66. The van der Waals surface area contributed by atoms with Crippen molar-refractivity contribution in [1.29, 1.82) is 0 Å². The molecule has 11 heavy (non-hydrogen) atoms. The van der Waals surface area contributed by atoms with Crippen LogP contribution >= 0.6 is 0 Å². The molecule has 1 rings (SSSR count). The fourth-order valence-electron chi connectivity index (χ4n) is 0.869. The summed E-state index contributed by atoms with van der Waals surface area (Å²) >= 11 is 0. The van der Waals surface area contributed by atoms with Crippen LogP contribution in [0.25, 0.3) is 0 Å². The van der Waals surface area contributed by atoms with Crippen LogP contribution in [0.15, 0.2) is 12.3 Å². The average molecular weight is 153 g/mol. The minimum atomic E-state index is -0.881. The van der Waals surface area contributed by atoms with Crippen LogP contribution in [0, 0.1) is 0 Å². The standard InChI is InChI=1S/C8H11NO2/c1-5(2)7-3-6(4-9-7)8(10)11/h3-5,9H,1-2H3,(H,10,11). The van der Waals surface area contributed by atoms with E-state index < -0.39 is 5.97 Å². The number of hydrogen-bond donors (Lipinski definition) is 2. The third kappa shape index (κ3) is 1.61. The second kappa shape index (κ2) is 2.78. The third-order valence-electron chi connectivity index (χ3n) is 1.57. The maximum Gasteiger partial charge on any atom is 0.337 e. The first-order valence-electron chi connectivity index (χ1n) is 3.53. The van der Waals surface area contributed by atoms with Crippen LogP contribution in [0.1, 0.15) is 35.8 Å². The smallest absolute Gasteiger partial charge is 0.337 e. The Bertz CT molecular complexity index is 263. The molecule has 3 heteroatoms. The van der Waals surface area contributed by atoms with Crippen LogP contribution in [-0.2, 0) is 0 Å². The first-order valence-corrected chi connectivity index (χ1v) is 3.53. The maximum absolute atomic E-state index is 10.4. The first-order chi connectivity index (χ1) is 5.11. The Morgan fingerprint density at radius 3 is 2.55 bits per heavy atom. The number of hydrogen-bond acceptors (Lipinski definition) is 1. The van der Waals surface area contributed by atoms with Gasteiger partial charge in [-0.3, -0.25) is 0 Å². The van der Waals surface area contributed by atoms with E-state index in [1.807, 2.05) is 13.8 Å². The first kappa shape index (κ1) is 7.85. The van der Waals surface area contributed by atoms with Gasteiger partial charge in [0.15, 0.2) is 0 Å². The minimum absolute atomic E-state index is 0.328. The molecule has 0 aliphatic carbocycles. The van der Waals surface area contributed by atoms with Crippen LogP contribution in [0.5, 0.6) is 0 Å². The number of carboxylic acids is 1. The van der Waals surface area contributed by atoms with Crippen molar-refractivity contribution in [1.82, 2.24) is 4.98 Å². The number of carbonyl (C=O) groups is 1. The second-order valence-corrected chi connectivity index (χ2v) is 2.80. The molecule has 0 unspecified atom stereocenters. The van der Waals surface area contributed by atoms with Crippen LogP contribution in [0.4, 0.5) is 0 Å². The van der Waals surface area contributed by atoms with Crippen LogP contribution in [-0.4, -0.2) is 16.1 Å². The van der Waals surface area contributed by atoms with Gasteiger partial charge in [0.2, 0.25) is 0 Å². The van der Waals surface area contributed by atoms with Gasteiger partial charge in [-0.05, 0) is 12.0 Å². The number of nitrogens with one attached hydrogen (secondary N) is 1. The van der Waals surface area contributed by atoms with Crippen molar-refractivity contribution < 1.29 is 9.90 Å². The van der Waals surface area contributed by atoms with Crippen molar-refractivity contribution in [2.75, 3.05) is 0 Å². The summed E-state index contributed by atoms with van der Waals surface area (Å²) in [4.78, 5) is 13.3. The molecule has 0 amide bonds. The molecule has 0 aromatic carbocycles. The number of H-pyrrole nitrogens is 1. The van der Waals surface area contributed by atoms with Gasteiger partial charge < -0.3 is 10.1 Å². The lowest BCUT2D eigenvalue weighted by atomic mass is 10.1. The minimum Gasteiger partial charge on any atom is -0.478 e. The van der Waals surface area contributed by atoms with Crippen molar-refractivity contribution >= 4 is 5.97 Å². The second-order valence-electron chi connectivity index (χ2n) is 2.80. The fourth-order valence-corrected chi connectivity index (χ4v) is 0.869. The number of aromatic amines is 1. The monoisotopic (exact) mass is 153 g/mol. The Labute approximate surface area is 65.1 Å². The molecule has 0 radical (unpaired) electrons. The molecular weight excluding hydrogens is 142 g/mol. The molecule has 1 aromatic heterocycles. The average Bonchev–Trinajstić information content (AvgIpc) is 2.33. The lowest BCUT2D eigenvalue weighted by molar-refractivity contribution is 0.0697. The van der Waals surface area contributed by atoms with Gasteiger partial charge in [-0.1, -0.05) is 13.8 Å². The predicted molar refractivity (Wildman–Crippen MR) is 41.8 cm³/mol. The molecule has 2 N–H and O–H groups in total. The Kier molecular flexibility index (Phi) is 1.98. The highest BCUT2D eigenvalue weighted by molar-refractivity contribution is 5.87. The molecule has 3 nitrogen and oxygen atoms in total. The van der Waals surface area contributed by atoms with Gasteiger partial charge in [0, 0.05) is 11.9 Å². The molecule has 0 atom stereocenters. The van der Waals surface area contributed by atoms with Gasteiger partial charge >= 0.3 is 5.97 Å². The summed E-state index contributed by atoms with van der Waals surface area (Å²) < 4.78 is 0. The van der Waals surface area contributed by atoms with Gasteiger partial charge in [-0.25, -0.2) is 4.79 Å². The predicted octanol–water partition coefficient (Wildman–Crippen LogP) is 1.84. The van der Waals surface area contributed by atoms with E-state index in [9.17, 15) is 4.79 Å². The summed E-state index contributed by atoms with van der Waals surface area (Å²) in [7, 11) is 0. The van der Waals surface area contributed by atoms with Gasteiger partial charge in [-0.2, -0.15) is 0 Å². The van der Waals surface area contributed by atoms with Crippen LogP contribution < -0.4 is 0 Å². The van der Waals surface area contributed by atoms with Gasteiger partial charge in [0.25, 0.3) is 0 Å². The van der Waals surface area contributed by atoms with Gasteiger partial charge in [-0.15, -0.1) is 0 Å². The third-order valence-corrected chi connectivity index (χ3v) is 1.57. The van der Waals surface area contributed by atoms with E-state index in [0.29, 0.717) is 11.5 Å². The Morgan fingerprint density at radius 1 is 1.64 bits per heavy atom. The number of aromatic nitrogens is 1. The fraction of sp³-hybridized carbons (Fsp3) is 0.375. The summed E-state index contributed by atoms with van der Waals surface area (Å²) in [6.07, 6.45) is 1.51. The van der Waals surface area contributed by atoms with Crippen LogP contribution in [0.3, 0.4) is 0 Å². The molecule has 0 bridgehead atoms. The molecule has 1 heterocycles. The maximum atomic E-state index is 10.4. The van der Waals surface area contributed by atoms with Crippen molar-refractivity contribution in [3.05, 3.63) is 23.5 Å². The van der Waals surface area contributed by atoms with Crippen molar-refractivity contribution in [2.24, 2.45) is 0 Å². The summed E-state index contributed by atoms with van der Waals surface area (Å²) in [5.41, 5.74) is 1.29. The largest absolute Gasteiger partial charge is 0.478 e. The van der Waals surface area contributed by atoms with E-state index >= 15 is 0 Å². The van der Waals surface area contributed by atoms with Crippen molar-refractivity contribution in [2.45, 2.75) is 19.8 Å². The van der Waals surface area contributed by atoms with E-state index in [0.717, 1.165) is 5.69 Å². The van der Waals surface area contributed by atoms with E-state index in [4.69, 9.17) is 5.11 Å². The highest BCUT2D eigenvalue weighted by Gasteiger charge is 2.07. The van der Waals surface area contributed by atoms with E-state index in [2.05, 4.69) is 4.98 Å². The topological polar surface area (TPSA) is 53.1 Å². The molecule has 0 spiro atoms. The normalized spacial score (nSPS) is 10.5. The molecule has 1 aromatic rings. The van der Waals surface area contributed by atoms with E-state index in [1.54, 1.807) is 6.07 Å². The number of rotatable bonds is 2. The number of aromatic carboxylic acids is 1. The van der Waals surface area contributed by atoms with Crippen molar-refractivity contribution in [3.8, 4) is 0 Å². The van der Waals surface area contributed by atoms with Crippen LogP contribution in [0.2, 0.25) is 0 Å². The highest BCUT2D eigenvalue weighted by atomic mass is 16.4. The zero-order valence-electron chi connectivity index (χ0n) is 6.59. The zero-order chi connectivity index (χ0) is 8.43. The Hall–Kier alpha value is -1.25. The van der Waals surface area contributed by atoms with E-state index in [-0.39, 0.29) is 0 Å².